The molecule has 1 heterocycles. The van der Waals surface area contributed by atoms with E-state index in [9.17, 15) is 27.2 Å². The highest BCUT2D eigenvalue weighted by Gasteiger charge is 2.36. The number of nitrogens with one attached hydrogen (secondary N) is 1. The fourth-order valence-electron chi connectivity index (χ4n) is 3.71. The SMILES string of the molecule is CCOc1cc(/C=C2\SC(=O)N(Cc3c(F)cccc3Cl)C2=O)cc(I)c1OS(=O)(=O)c1ccc(NC(C)=O)cc1. The number of carbonyl (C=O) groups is 3. The molecule has 0 aliphatic carbocycles. The molecule has 0 unspecified atom stereocenters. The molecule has 3 aromatic carbocycles. The smallest absolute Gasteiger partial charge is 0.339 e. The van der Waals surface area contributed by atoms with Crippen molar-refractivity contribution >= 4 is 84.9 Å². The third-order valence-corrected chi connectivity index (χ3v) is 8.84. The molecule has 1 fully saturated rings. The number of hydrogen-bond donors (Lipinski definition) is 1. The number of halogens is 3. The number of benzene rings is 3. The Kier molecular flexibility index (Phi) is 9.62. The van der Waals surface area contributed by atoms with Gasteiger partial charge in [0.15, 0.2) is 11.5 Å². The molecule has 0 bridgehead atoms. The van der Waals surface area contributed by atoms with Gasteiger partial charge in [0.25, 0.3) is 11.1 Å². The van der Waals surface area contributed by atoms with Crippen LogP contribution in [0, 0.1) is 9.39 Å². The molecule has 1 aliphatic rings. The molecule has 3 aromatic rings. The summed E-state index contributed by atoms with van der Waals surface area (Å²) < 4.78 is 51.7. The van der Waals surface area contributed by atoms with E-state index in [4.69, 9.17) is 20.5 Å². The van der Waals surface area contributed by atoms with Crippen molar-refractivity contribution in [2.75, 3.05) is 11.9 Å². The Balaban J connectivity index is 1.60. The third-order valence-electron chi connectivity index (χ3n) is 5.54. The number of anilines is 1. The van der Waals surface area contributed by atoms with Gasteiger partial charge in [-0.15, -0.1) is 0 Å². The van der Waals surface area contributed by atoms with Crippen molar-refractivity contribution in [3.63, 3.8) is 0 Å². The van der Waals surface area contributed by atoms with Crippen molar-refractivity contribution in [1.29, 1.82) is 0 Å². The zero-order valence-electron chi connectivity index (χ0n) is 21.4. The normalized spacial score (nSPS) is 14.5. The number of imide groups is 1. The summed E-state index contributed by atoms with van der Waals surface area (Å²) in [6.45, 7) is 2.90. The minimum atomic E-state index is -4.28. The van der Waals surface area contributed by atoms with Gasteiger partial charge >= 0.3 is 10.1 Å². The number of ether oxygens (including phenoxy) is 1. The van der Waals surface area contributed by atoms with Crippen LogP contribution in [0.15, 0.2) is 64.4 Å². The van der Waals surface area contributed by atoms with E-state index >= 15 is 0 Å². The lowest BCUT2D eigenvalue weighted by atomic mass is 10.1. The van der Waals surface area contributed by atoms with Crippen LogP contribution < -0.4 is 14.2 Å². The Morgan fingerprint density at radius 1 is 1.17 bits per heavy atom. The van der Waals surface area contributed by atoms with Gasteiger partial charge in [0.2, 0.25) is 5.91 Å². The van der Waals surface area contributed by atoms with Crippen LogP contribution in [0.4, 0.5) is 14.9 Å². The summed E-state index contributed by atoms with van der Waals surface area (Å²) >= 11 is 8.63. The zero-order chi connectivity index (χ0) is 29.9. The first-order valence-corrected chi connectivity index (χ1v) is 15.5. The molecular weight excluding hydrogens is 710 g/mol. The van der Waals surface area contributed by atoms with E-state index in [1.807, 2.05) is 22.6 Å². The Bertz CT molecular complexity index is 1660. The van der Waals surface area contributed by atoms with Crippen LogP contribution in [0.25, 0.3) is 6.08 Å². The van der Waals surface area contributed by atoms with Crippen molar-refractivity contribution < 1.29 is 36.1 Å². The summed E-state index contributed by atoms with van der Waals surface area (Å²) in [6.07, 6.45) is 1.46. The minimum absolute atomic E-state index is 0.0263. The number of rotatable bonds is 9. The summed E-state index contributed by atoms with van der Waals surface area (Å²) in [5.41, 5.74) is 0.891. The molecule has 0 aromatic heterocycles. The monoisotopic (exact) mass is 730 g/mol. The molecule has 0 radical (unpaired) electrons. The first-order chi connectivity index (χ1) is 19.4. The molecule has 9 nitrogen and oxygen atoms in total. The number of carbonyl (C=O) groups excluding carboxylic acids is 3. The second-order valence-corrected chi connectivity index (χ2v) is 12.6. The summed E-state index contributed by atoms with van der Waals surface area (Å²) in [5, 5.41) is 2.06. The Hall–Kier alpha value is -3.14. The van der Waals surface area contributed by atoms with E-state index in [1.165, 1.54) is 61.5 Å². The molecule has 214 valence electrons. The summed E-state index contributed by atoms with van der Waals surface area (Å²) in [4.78, 5) is 37.7. The number of hydrogen-bond acceptors (Lipinski definition) is 8. The Morgan fingerprint density at radius 3 is 2.51 bits per heavy atom. The lowest BCUT2D eigenvalue weighted by Crippen LogP contribution is -2.28. The third kappa shape index (κ3) is 7.20. The predicted molar refractivity (Wildman–Crippen MR) is 162 cm³/mol. The topological polar surface area (TPSA) is 119 Å². The maximum absolute atomic E-state index is 14.3. The van der Waals surface area contributed by atoms with Crippen molar-refractivity contribution in [1.82, 2.24) is 4.90 Å². The second-order valence-electron chi connectivity index (χ2n) is 8.47. The van der Waals surface area contributed by atoms with Crippen molar-refractivity contribution in [3.8, 4) is 11.5 Å². The van der Waals surface area contributed by atoms with Crippen LogP contribution in [0.2, 0.25) is 5.02 Å². The highest BCUT2D eigenvalue weighted by Crippen LogP contribution is 2.39. The molecule has 1 saturated heterocycles. The standard InChI is InChI=1S/C27H21ClFIN2O7S2/c1-3-38-23-12-16(13-24-26(34)32(27(35)40-24)14-19-20(28)5-4-6-21(19)29)11-22(30)25(23)39-41(36,37)18-9-7-17(8-10-18)31-15(2)33/h4-13H,3,14H2,1-2H3,(H,31,33)/b24-13-. The first kappa shape index (κ1) is 30.8. The van der Waals surface area contributed by atoms with Crippen LogP contribution >= 0.6 is 46.0 Å². The van der Waals surface area contributed by atoms with Crippen molar-refractivity contribution in [2.45, 2.75) is 25.3 Å². The molecule has 4 rings (SSSR count). The fourth-order valence-corrected chi connectivity index (χ4v) is 6.61. The van der Waals surface area contributed by atoms with Gasteiger partial charge in [-0.05, 0) is 101 Å². The van der Waals surface area contributed by atoms with E-state index in [0.29, 0.717) is 26.6 Å². The van der Waals surface area contributed by atoms with Gasteiger partial charge in [-0.25, -0.2) is 4.39 Å². The van der Waals surface area contributed by atoms with Gasteiger partial charge in [-0.3, -0.25) is 19.3 Å². The van der Waals surface area contributed by atoms with E-state index in [1.54, 1.807) is 13.0 Å². The largest absolute Gasteiger partial charge is 0.490 e. The van der Waals surface area contributed by atoms with Crippen LogP contribution in [0.3, 0.4) is 0 Å². The van der Waals surface area contributed by atoms with Crippen LogP contribution in [0.5, 0.6) is 11.5 Å². The number of amides is 3. The molecule has 41 heavy (non-hydrogen) atoms. The van der Waals surface area contributed by atoms with E-state index < -0.39 is 27.1 Å². The average molecular weight is 731 g/mol. The Labute approximate surface area is 258 Å². The van der Waals surface area contributed by atoms with Crippen molar-refractivity contribution in [3.05, 3.63) is 85.0 Å². The molecule has 1 aliphatic heterocycles. The average Bonchev–Trinajstić information content (AvgIpc) is 3.15. The summed E-state index contributed by atoms with van der Waals surface area (Å²) in [5.74, 6) is -1.52. The van der Waals surface area contributed by atoms with Gasteiger partial charge in [0, 0.05) is 23.2 Å². The molecule has 1 N–H and O–H groups in total. The predicted octanol–water partition coefficient (Wildman–Crippen LogP) is 6.45. The second kappa shape index (κ2) is 12.8. The highest BCUT2D eigenvalue weighted by atomic mass is 127. The molecule has 0 atom stereocenters. The minimum Gasteiger partial charge on any atom is -0.490 e. The van der Waals surface area contributed by atoms with E-state index in [-0.39, 0.29) is 50.9 Å². The number of nitrogens with zero attached hydrogens (tertiary/aromatic N) is 1. The van der Waals surface area contributed by atoms with Crippen LogP contribution in [0.1, 0.15) is 25.0 Å². The molecule has 3 amide bonds. The molecular formula is C27H21ClFIN2O7S2. The van der Waals surface area contributed by atoms with Crippen LogP contribution in [-0.4, -0.2) is 37.0 Å². The highest BCUT2D eigenvalue weighted by molar-refractivity contribution is 14.1. The van der Waals surface area contributed by atoms with Gasteiger partial charge in [-0.1, -0.05) is 17.7 Å². The molecule has 14 heteroatoms. The maximum atomic E-state index is 14.3. The van der Waals surface area contributed by atoms with Gasteiger partial charge in [0.05, 0.1) is 21.6 Å². The maximum Gasteiger partial charge on any atom is 0.339 e. The lowest BCUT2D eigenvalue weighted by Gasteiger charge is -2.15. The van der Waals surface area contributed by atoms with Gasteiger partial charge in [-0.2, -0.15) is 8.42 Å². The van der Waals surface area contributed by atoms with Gasteiger partial charge < -0.3 is 14.2 Å². The number of thioether (sulfide) groups is 1. The Morgan fingerprint density at radius 2 is 1.88 bits per heavy atom. The molecule has 0 saturated carbocycles. The first-order valence-electron chi connectivity index (χ1n) is 11.9. The van der Waals surface area contributed by atoms with Crippen molar-refractivity contribution in [2.24, 2.45) is 0 Å². The van der Waals surface area contributed by atoms with E-state index in [0.717, 1.165) is 4.90 Å². The summed E-state index contributed by atoms with van der Waals surface area (Å²) in [6, 6.07) is 12.6. The quantitative estimate of drug-likeness (QED) is 0.152. The zero-order valence-corrected chi connectivity index (χ0v) is 26.0. The van der Waals surface area contributed by atoms with E-state index in [2.05, 4.69) is 5.32 Å². The fraction of sp³-hybridized carbons (Fsp3) is 0.148. The lowest BCUT2D eigenvalue weighted by molar-refractivity contribution is -0.123. The summed E-state index contributed by atoms with van der Waals surface area (Å²) in [7, 11) is -4.28. The molecule has 0 spiro atoms. The van der Waals surface area contributed by atoms with Crippen LogP contribution in [-0.2, 0) is 26.3 Å². The van der Waals surface area contributed by atoms with Gasteiger partial charge in [0.1, 0.15) is 10.7 Å².